The van der Waals surface area contributed by atoms with Gasteiger partial charge in [-0.3, -0.25) is 0 Å². The minimum Gasteiger partial charge on any atom is -0.490 e. The summed E-state index contributed by atoms with van der Waals surface area (Å²) < 4.78 is 31.0. The lowest BCUT2D eigenvalue weighted by atomic mass is 9.97. The van der Waals surface area contributed by atoms with Gasteiger partial charge in [0.15, 0.2) is 17.3 Å². The molecule has 0 aromatic heterocycles. The third-order valence-electron chi connectivity index (χ3n) is 4.40. The van der Waals surface area contributed by atoms with Gasteiger partial charge < -0.3 is 25.3 Å². The van der Waals surface area contributed by atoms with Crippen molar-refractivity contribution in [3.63, 3.8) is 0 Å². The number of benzene rings is 2. The summed E-state index contributed by atoms with van der Waals surface area (Å²) in [7, 11) is 0. The maximum atomic E-state index is 13.6. The number of nitrogens with one attached hydrogen (secondary N) is 1. The minimum atomic E-state index is -0.261. The van der Waals surface area contributed by atoms with Gasteiger partial charge in [0.05, 0.1) is 18.9 Å². The van der Waals surface area contributed by atoms with Crippen molar-refractivity contribution in [2.75, 3.05) is 26.4 Å². The lowest BCUT2D eigenvalue weighted by Gasteiger charge is -2.25. The molecule has 0 atom stereocenters. The summed E-state index contributed by atoms with van der Waals surface area (Å²) in [6.45, 7) is 2.57. The van der Waals surface area contributed by atoms with E-state index in [9.17, 15) is 4.39 Å². The van der Waals surface area contributed by atoms with E-state index in [1.165, 1.54) is 12.1 Å². The van der Waals surface area contributed by atoms with Gasteiger partial charge in [-0.1, -0.05) is 0 Å². The van der Waals surface area contributed by atoms with Crippen molar-refractivity contribution in [1.82, 2.24) is 5.32 Å². The van der Waals surface area contributed by atoms with Crippen LogP contribution >= 0.6 is 0 Å². The maximum Gasteiger partial charge on any atom is 0.161 e. The number of hydrogen-bond donors (Lipinski definition) is 2. The predicted molar refractivity (Wildman–Crippen MR) is 97.1 cm³/mol. The van der Waals surface area contributed by atoms with Gasteiger partial charge in [0.2, 0.25) is 0 Å². The molecule has 0 aliphatic carbocycles. The van der Waals surface area contributed by atoms with Crippen LogP contribution in [-0.4, -0.2) is 26.4 Å². The van der Waals surface area contributed by atoms with E-state index in [-0.39, 0.29) is 5.82 Å². The second-order valence-corrected chi connectivity index (χ2v) is 6.21. The van der Waals surface area contributed by atoms with E-state index in [1.807, 2.05) is 18.2 Å². The number of rotatable bonds is 4. The summed E-state index contributed by atoms with van der Waals surface area (Å²) in [6.07, 6.45) is 0.856. The minimum absolute atomic E-state index is 0.261. The largest absolute Gasteiger partial charge is 0.490 e. The van der Waals surface area contributed by atoms with E-state index < -0.39 is 0 Å². The Morgan fingerprint density at radius 2 is 1.92 bits per heavy atom. The van der Waals surface area contributed by atoms with Crippen molar-refractivity contribution >= 4 is 11.5 Å². The summed E-state index contributed by atoms with van der Waals surface area (Å²) in [6, 6.07) is 10.5. The van der Waals surface area contributed by atoms with Crippen molar-refractivity contribution < 1.29 is 18.6 Å². The first-order chi connectivity index (χ1) is 12.8. The molecular formula is C20H21FN2O3. The van der Waals surface area contributed by atoms with Gasteiger partial charge in [0, 0.05) is 30.6 Å². The molecule has 2 aliphatic heterocycles. The molecule has 3 N–H and O–H groups in total. The fourth-order valence-corrected chi connectivity index (χ4v) is 3.19. The van der Waals surface area contributed by atoms with Crippen molar-refractivity contribution in [2.24, 2.45) is 5.73 Å². The Hall–Kier alpha value is -2.73. The SMILES string of the molecule is NCCOC1=C(c2ccc3c(c2)OCCCO3)NCc2cc(F)ccc21. The standard InChI is InChI=1S/C20H21FN2O3/c21-15-3-4-16-14(10-15)12-23-19(20(16)26-9-6-22)13-2-5-17-18(11-13)25-8-1-7-24-17/h2-5,10-11,23H,1,6-9,12,22H2. The van der Waals surface area contributed by atoms with Crippen LogP contribution in [-0.2, 0) is 11.3 Å². The molecule has 2 aliphatic rings. The highest BCUT2D eigenvalue weighted by Gasteiger charge is 2.23. The molecule has 5 nitrogen and oxygen atoms in total. The van der Waals surface area contributed by atoms with Crippen LogP contribution in [0.25, 0.3) is 11.5 Å². The summed E-state index contributed by atoms with van der Waals surface area (Å²) >= 11 is 0. The number of halogens is 1. The molecule has 0 spiro atoms. The first kappa shape index (κ1) is 16.7. The molecule has 26 heavy (non-hydrogen) atoms. The Kier molecular flexibility index (Phi) is 4.67. The number of hydrogen-bond acceptors (Lipinski definition) is 5. The van der Waals surface area contributed by atoms with Gasteiger partial charge in [-0.2, -0.15) is 0 Å². The number of nitrogens with two attached hydrogens (primary N) is 1. The molecule has 2 aromatic rings. The first-order valence-electron chi connectivity index (χ1n) is 8.76. The molecule has 0 saturated carbocycles. The van der Waals surface area contributed by atoms with Crippen LogP contribution in [0.3, 0.4) is 0 Å². The molecule has 2 heterocycles. The highest BCUT2D eigenvalue weighted by atomic mass is 19.1. The first-order valence-corrected chi connectivity index (χ1v) is 8.76. The summed E-state index contributed by atoms with van der Waals surface area (Å²) in [5.41, 5.74) is 9.12. The van der Waals surface area contributed by atoms with Crippen LogP contribution in [0.15, 0.2) is 36.4 Å². The van der Waals surface area contributed by atoms with Crippen LogP contribution in [0.5, 0.6) is 11.5 Å². The second kappa shape index (κ2) is 7.25. The molecule has 0 bridgehead atoms. The van der Waals surface area contributed by atoms with E-state index in [1.54, 1.807) is 6.07 Å². The number of fused-ring (bicyclic) bond motifs is 2. The predicted octanol–water partition coefficient (Wildman–Crippen LogP) is 2.89. The fraction of sp³-hybridized carbons (Fsp3) is 0.300. The van der Waals surface area contributed by atoms with Gasteiger partial charge in [-0.15, -0.1) is 0 Å². The zero-order valence-corrected chi connectivity index (χ0v) is 14.4. The molecule has 0 saturated heterocycles. The van der Waals surface area contributed by atoms with Crippen LogP contribution < -0.4 is 20.5 Å². The van der Waals surface area contributed by atoms with Gasteiger partial charge >= 0.3 is 0 Å². The summed E-state index contributed by atoms with van der Waals surface area (Å²) in [5.74, 6) is 1.88. The van der Waals surface area contributed by atoms with E-state index in [4.69, 9.17) is 19.9 Å². The molecule has 6 heteroatoms. The quantitative estimate of drug-likeness (QED) is 0.882. The topological polar surface area (TPSA) is 65.7 Å². The summed E-state index contributed by atoms with van der Waals surface area (Å²) in [4.78, 5) is 0. The molecular weight excluding hydrogens is 335 g/mol. The third kappa shape index (κ3) is 3.20. The zero-order valence-electron chi connectivity index (χ0n) is 14.4. The fourth-order valence-electron chi connectivity index (χ4n) is 3.19. The highest BCUT2D eigenvalue weighted by Crippen LogP contribution is 2.37. The Labute approximate surface area is 151 Å². The molecule has 4 rings (SSSR count). The van der Waals surface area contributed by atoms with Crippen molar-refractivity contribution in [3.8, 4) is 11.5 Å². The zero-order chi connectivity index (χ0) is 17.9. The Bertz CT molecular complexity index is 851. The van der Waals surface area contributed by atoms with Crippen LogP contribution in [0.1, 0.15) is 23.1 Å². The van der Waals surface area contributed by atoms with Crippen molar-refractivity contribution in [3.05, 3.63) is 58.9 Å². The molecule has 0 fully saturated rings. The molecule has 0 amide bonds. The van der Waals surface area contributed by atoms with E-state index in [0.717, 1.165) is 40.3 Å². The molecule has 0 radical (unpaired) electrons. The average Bonchev–Trinajstić information content (AvgIpc) is 2.90. The van der Waals surface area contributed by atoms with Gasteiger partial charge in [-0.05, 0) is 42.0 Å². The molecule has 0 unspecified atom stereocenters. The monoisotopic (exact) mass is 356 g/mol. The van der Waals surface area contributed by atoms with Crippen LogP contribution in [0.2, 0.25) is 0 Å². The number of ether oxygens (including phenoxy) is 3. The second-order valence-electron chi connectivity index (χ2n) is 6.21. The van der Waals surface area contributed by atoms with E-state index >= 15 is 0 Å². The Morgan fingerprint density at radius 1 is 1.08 bits per heavy atom. The third-order valence-corrected chi connectivity index (χ3v) is 4.40. The van der Waals surface area contributed by atoms with E-state index in [0.29, 0.717) is 38.7 Å². The highest BCUT2D eigenvalue weighted by molar-refractivity contribution is 5.89. The average molecular weight is 356 g/mol. The normalized spacial score (nSPS) is 15.8. The van der Waals surface area contributed by atoms with Crippen molar-refractivity contribution in [1.29, 1.82) is 0 Å². The Balaban J connectivity index is 1.79. The lowest BCUT2D eigenvalue weighted by Crippen LogP contribution is -2.22. The van der Waals surface area contributed by atoms with Gasteiger partial charge in [0.1, 0.15) is 12.4 Å². The van der Waals surface area contributed by atoms with Gasteiger partial charge in [-0.25, -0.2) is 4.39 Å². The van der Waals surface area contributed by atoms with E-state index in [2.05, 4.69) is 5.32 Å². The smallest absolute Gasteiger partial charge is 0.161 e. The van der Waals surface area contributed by atoms with Crippen LogP contribution in [0.4, 0.5) is 4.39 Å². The molecule has 136 valence electrons. The van der Waals surface area contributed by atoms with Gasteiger partial charge in [0.25, 0.3) is 0 Å². The lowest BCUT2D eigenvalue weighted by molar-refractivity contribution is 0.286. The summed E-state index contributed by atoms with van der Waals surface area (Å²) in [5, 5.41) is 3.35. The molecule has 2 aromatic carbocycles. The van der Waals surface area contributed by atoms with Crippen LogP contribution in [0, 0.1) is 5.82 Å². The van der Waals surface area contributed by atoms with Crippen molar-refractivity contribution in [2.45, 2.75) is 13.0 Å². The Morgan fingerprint density at radius 3 is 2.77 bits per heavy atom. The maximum absolute atomic E-state index is 13.6.